The van der Waals surface area contributed by atoms with Gasteiger partial charge in [-0.05, 0) is 47.6 Å². The molecule has 2 amide bonds. The summed E-state index contributed by atoms with van der Waals surface area (Å²) in [7, 11) is 0. The first-order valence-corrected chi connectivity index (χ1v) is 13.6. The van der Waals surface area contributed by atoms with Gasteiger partial charge in [-0.1, -0.05) is 88.4 Å². The molecule has 1 heterocycles. The summed E-state index contributed by atoms with van der Waals surface area (Å²) in [6, 6.07) is 10.9. The van der Waals surface area contributed by atoms with Gasteiger partial charge in [0.05, 0.1) is 5.02 Å². The average Bonchev–Trinajstić information content (AvgIpc) is 3.31. The highest BCUT2D eigenvalue weighted by atomic mass is 35.5. The minimum atomic E-state index is -0.383. The first-order chi connectivity index (χ1) is 17.5. The van der Waals surface area contributed by atoms with Gasteiger partial charge in [-0.25, -0.2) is 4.39 Å². The lowest BCUT2D eigenvalue weighted by Gasteiger charge is -2.22. The van der Waals surface area contributed by atoms with Gasteiger partial charge in [0, 0.05) is 41.7 Å². The van der Waals surface area contributed by atoms with Gasteiger partial charge in [0.25, 0.3) is 0 Å². The quantitative estimate of drug-likeness (QED) is 0.330. The highest BCUT2D eigenvalue weighted by molar-refractivity contribution is 6.31. The van der Waals surface area contributed by atoms with E-state index >= 15 is 0 Å². The number of hydrogen-bond donors (Lipinski definition) is 3. The van der Waals surface area contributed by atoms with Crippen LogP contribution in [0.3, 0.4) is 0 Å². The number of carbonyl (C=O) groups excluding carboxylic acids is 2. The Morgan fingerprint density at radius 1 is 0.919 bits per heavy atom. The van der Waals surface area contributed by atoms with E-state index < -0.39 is 0 Å². The molecular weight excluding hydrogens is 512 g/mol. The highest BCUT2D eigenvalue weighted by Gasteiger charge is 2.33. The molecule has 37 heavy (non-hydrogen) atoms. The van der Waals surface area contributed by atoms with Gasteiger partial charge < -0.3 is 16.0 Å². The van der Waals surface area contributed by atoms with Crippen LogP contribution in [0.2, 0.25) is 10.0 Å². The lowest BCUT2D eigenvalue weighted by molar-refractivity contribution is -0.110. The second kappa shape index (κ2) is 15.3. The Hall–Kier alpha value is -2.15. The van der Waals surface area contributed by atoms with E-state index in [0.717, 1.165) is 12.0 Å². The summed E-state index contributed by atoms with van der Waals surface area (Å²) in [4.78, 5) is 20.8. The number of hydrogen-bond acceptors (Lipinski definition) is 3. The van der Waals surface area contributed by atoms with Crippen LogP contribution in [0, 0.1) is 11.2 Å². The van der Waals surface area contributed by atoms with E-state index in [2.05, 4.69) is 43.6 Å². The van der Waals surface area contributed by atoms with Crippen molar-refractivity contribution in [1.82, 2.24) is 10.6 Å². The Kier molecular flexibility index (Phi) is 12.9. The van der Waals surface area contributed by atoms with E-state index in [1.807, 2.05) is 6.07 Å². The zero-order valence-corrected chi connectivity index (χ0v) is 23.8. The Balaban J connectivity index is 0.000000283. The van der Waals surface area contributed by atoms with Gasteiger partial charge in [-0.3, -0.25) is 9.59 Å². The number of rotatable bonds is 6. The molecule has 0 aromatic heterocycles. The minimum Gasteiger partial charge on any atom is -0.356 e. The SMILES string of the molecule is CC(C)(C)C.O=CNC1CCCCC1.O=CNc1cc(Cl)ccc1C1CNCC1c1cccc(Cl)c1F. The Labute approximate surface area is 230 Å². The van der Waals surface area contributed by atoms with Crippen molar-refractivity contribution in [2.45, 2.75) is 77.7 Å². The number of benzene rings is 2. The van der Waals surface area contributed by atoms with Gasteiger partial charge in [0.1, 0.15) is 5.82 Å². The second-order valence-corrected chi connectivity index (χ2v) is 12.0. The Morgan fingerprint density at radius 3 is 2.14 bits per heavy atom. The standard InChI is InChI=1S/C17H15Cl2FN2O.C7H13NO.C5H12/c18-10-4-5-11(16(6-10)22-9-23)13-7-21-8-14(13)12-2-1-3-15(19)17(12)20;9-6-8-7-4-2-1-3-5-7;1-5(2,3)4/h1-6,9,13-14,21H,7-8H2,(H,22,23);6-7H,1-5H2,(H,8,9);1-4H3. The molecule has 2 aromatic rings. The van der Waals surface area contributed by atoms with Crippen LogP contribution in [-0.2, 0) is 9.59 Å². The molecule has 5 nitrogen and oxygen atoms in total. The second-order valence-electron chi connectivity index (χ2n) is 11.1. The summed E-state index contributed by atoms with van der Waals surface area (Å²) >= 11 is 11.9. The van der Waals surface area contributed by atoms with Crippen LogP contribution in [0.25, 0.3) is 0 Å². The lowest BCUT2D eigenvalue weighted by Crippen LogP contribution is -2.29. The minimum absolute atomic E-state index is 0.0164. The van der Waals surface area contributed by atoms with E-state index in [4.69, 9.17) is 23.2 Å². The van der Waals surface area contributed by atoms with Gasteiger partial charge in [0.2, 0.25) is 12.8 Å². The molecule has 1 aliphatic carbocycles. The third-order valence-electron chi connectivity index (χ3n) is 6.13. The predicted octanol–water partition coefficient (Wildman–Crippen LogP) is 7.29. The molecule has 3 N–H and O–H groups in total. The van der Waals surface area contributed by atoms with Gasteiger partial charge in [0.15, 0.2) is 0 Å². The molecule has 0 radical (unpaired) electrons. The zero-order chi connectivity index (χ0) is 27.4. The van der Waals surface area contributed by atoms with Crippen molar-refractivity contribution in [2.75, 3.05) is 18.4 Å². The smallest absolute Gasteiger partial charge is 0.211 e. The molecule has 4 rings (SSSR count). The van der Waals surface area contributed by atoms with Crippen molar-refractivity contribution in [3.8, 4) is 0 Å². The van der Waals surface area contributed by atoms with Gasteiger partial charge in [-0.15, -0.1) is 0 Å². The van der Waals surface area contributed by atoms with Crippen LogP contribution in [-0.4, -0.2) is 32.0 Å². The number of nitrogens with one attached hydrogen (secondary N) is 3. The van der Waals surface area contributed by atoms with Gasteiger partial charge in [-0.2, -0.15) is 0 Å². The largest absolute Gasteiger partial charge is 0.356 e. The molecule has 1 saturated heterocycles. The summed E-state index contributed by atoms with van der Waals surface area (Å²) in [5.41, 5.74) is 2.66. The van der Waals surface area contributed by atoms with E-state index in [1.54, 1.807) is 30.3 Å². The average molecular weight is 553 g/mol. The third kappa shape index (κ3) is 10.6. The topological polar surface area (TPSA) is 70.2 Å². The van der Waals surface area contributed by atoms with Crippen molar-refractivity contribution in [3.05, 3.63) is 63.4 Å². The summed E-state index contributed by atoms with van der Waals surface area (Å²) in [6.45, 7) is 10.1. The van der Waals surface area contributed by atoms with Crippen molar-refractivity contribution < 1.29 is 14.0 Å². The van der Waals surface area contributed by atoms with Crippen molar-refractivity contribution >= 4 is 41.7 Å². The molecule has 0 spiro atoms. The first kappa shape index (κ1) is 31.1. The maximum atomic E-state index is 14.4. The van der Waals surface area contributed by atoms with Crippen LogP contribution in [0.15, 0.2) is 36.4 Å². The monoisotopic (exact) mass is 551 g/mol. The molecule has 2 unspecified atom stereocenters. The Morgan fingerprint density at radius 2 is 1.54 bits per heavy atom. The van der Waals surface area contributed by atoms with Crippen LogP contribution in [0.1, 0.15) is 82.8 Å². The molecule has 1 aliphatic heterocycles. The number of anilines is 1. The van der Waals surface area contributed by atoms with E-state index in [1.165, 1.54) is 32.1 Å². The van der Waals surface area contributed by atoms with E-state index in [9.17, 15) is 14.0 Å². The summed E-state index contributed by atoms with van der Waals surface area (Å²) < 4.78 is 14.4. The number of halogens is 3. The lowest BCUT2D eigenvalue weighted by atomic mass is 9.83. The van der Waals surface area contributed by atoms with E-state index in [0.29, 0.717) is 47.2 Å². The molecule has 8 heteroatoms. The zero-order valence-electron chi connectivity index (χ0n) is 22.3. The molecule has 0 bridgehead atoms. The third-order valence-corrected chi connectivity index (χ3v) is 6.66. The molecule has 1 saturated carbocycles. The molecular formula is C29H40Cl2FN3O2. The summed E-state index contributed by atoms with van der Waals surface area (Å²) in [5, 5.41) is 9.43. The first-order valence-electron chi connectivity index (χ1n) is 12.9. The molecule has 2 aliphatic rings. The van der Waals surface area contributed by atoms with Crippen LogP contribution >= 0.6 is 23.2 Å². The maximum Gasteiger partial charge on any atom is 0.211 e. The van der Waals surface area contributed by atoms with Crippen molar-refractivity contribution in [3.63, 3.8) is 0 Å². The van der Waals surface area contributed by atoms with Crippen LogP contribution < -0.4 is 16.0 Å². The van der Waals surface area contributed by atoms with Crippen LogP contribution in [0.5, 0.6) is 0 Å². The molecule has 2 fully saturated rings. The Bertz CT molecular complexity index is 1000. The van der Waals surface area contributed by atoms with Gasteiger partial charge >= 0.3 is 0 Å². The summed E-state index contributed by atoms with van der Waals surface area (Å²) in [5.74, 6) is -0.434. The molecule has 2 aromatic carbocycles. The number of amides is 2. The van der Waals surface area contributed by atoms with E-state index in [-0.39, 0.29) is 22.7 Å². The molecule has 204 valence electrons. The summed E-state index contributed by atoms with van der Waals surface area (Å²) in [6.07, 6.45) is 7.70. The van der Waals surface area contributed by atoms with Crippen LogP contribution in [0.4, 0.5) is 10.1 Å². The predicted molar refractivity (Wildman–Crippen MR) is 152 cm³/mol. The fourth-order valence-electron chi connectivity index (χ4n) is 4.54. The maximum absolute atomic E-state index is 14.4. The fourth-order valence-corrected chi connectivity index (χ4v) is 4.90. The normalized spacial score (nSPS) is 19.5. The fraction of sp³-hybridized carbons (Fsp3) is 0.517. The molecule has 2 atom stereocenters. The highest BCUT2D eigenvalue weighted by Crippen LogP contribution is 2.41. The van der Waals surface area contributed by atoms with Crippen molar-refractivity contribution in [2.24, 2.45) is 5.41 Å². The number of carbonyl (C=O) groups is 2. The van der Waals surface area contributed by atoms with Crippen molar-refractivity contribution in [1.29, 1.82) is 0 Å².